The Hall–Kier alpha value is -1.11. The Labute approximate surface area is 90.8 Å². The molecule has 1 heterocycles. The lowest BCUT2D eigenvalue weighted by Crippen LogP contribution is -2.09. The Balaban J connectivity index is 2.58. The van der Waals surface area contributed by atoms with Gasteiger partial charge in [-0.3, -0.25) is 5.43 Å². The minimum atomic E-state index is 0.656. The fourth-order valence-corrected chi connectivity index (χ4v) is 2.20. The summed E-state index contributed by atoms with van der Waals surface area (Å²) in [6.45, 7) is 3.85. The van der Waals surface area contributed by atoms with E-state index in [0.717, 1.165) is 16.1 Å². The average Bonchev–Trinajstić information content (AvgIpc) is 2.60. The predicted molar refractivity (Wildman–Crippen MR) is 63.6 cm³/mol. The second-order valence-electron chi connectivity index (χ2n) is 2.68. The van der Waals surface area contributed by atoms with Crippen LogP contribution < -0.4 is 11.3 Å². The number of nitrogens with zero attached hydrogens (tertiary/aromatic N) is 2. The average molecular weight is 224 g/mol. The van der Waals surface area contributed by atoms with Crippen molar-refractivity contribution in [3.63, 3.8) is 0 Å². The largest absolute Gasteiger partial charge is 0.300 e. The van der Waals surface area contributed by atoms with E-state index in [9.17, 15) is 0 Å². The molecule has 1 aromatic heterocycles. The summed E-state index contributed by atoms with van der Waals surface area (Å²) < 4.78 is 3.85. The van der Waals surface area contributed by atoms with Crippen molar-refractivity contribution in [1.29, 1.82) is 0 Å². The first kappa shape index (κ1) is 9.45. The summed E-state index contributed by atoms with van der Waals surface area (Å²) >= 11 is 5.36. The lowest BCUT2D eigenvalue weighted by atomic mass is 10.0. The normalized spacial score (nSPS) is 17.3. The van der Waals surface area contributed by atoms with Gasteiger partial charge < -0.3 is 0 Å². The molecule has 0 fully saturated rings. The molecule has 0 bridgehead atoms. The fourth-order valence-electron chi connectivity index (χ4n) is 1.20. The maximum atomic E-state index is 5.28. The monoisotopic (exact) mass is 224 g/mol. The molecule has 0 saturated heterocycles. The van der Waals surface area contributed by atoms with Gasteiger partial charge in [0.25, 0.3) is 0 Å². The van der Waals surface area contributed by atoms with Gasteiger partial charge in [0, 0.05) is 0 Å². The van der Waals surface area contributed by atoms with Gasteiger partial charge in [-0.2, -0.15) is 0 Å². The molecule has 2 rings (SSSR count). The van der Waals surface area contributed by atoms with E-state index < -0.39 is 0 Å². The zero-order valence-corrected chi connectivity index (χ0v) is 8.90. The van der Waals surface area contributed by atoms with E-state index in [1.807, 2.05) is 12.2 Å². The number of nitrogen functional groups attached to an aromatic ring is 1. The number of hydrazine groups is 1. The quantitative estimate of drug-likeness (QED) is 0.386. The summed E-state index contributed by atoms with van der Waals surface area (Å²) in [6, 6.07) is 0. The van der Waals surface area contributed by atoms with Crippen LogP contribution in [0.5, 0.6) is 0 Å². The molecule has 3 N–H and O–H groups in total. The van der Waals surface area contributed by atoms with Gasteiger partial charge in [0.05, 0.1) is 4.88 Å². The second-order valence-corrected chi connectivity index (χ2v) is 3.91. The third-order valence-electron chi connectivity index (χ3n) is 1.84. The molecule has 0 unspecified atom stereocenters. The van der Waals surface area contributed by atoms with Gasteiger partial charge in [-0.25, -0.2) is 15.2 Å². The van der Waals surface area contributed by atoms with Crippen LogP contribution in [0.25, 0.3) is 6.08 Å². The van der Waals surface area contributed by atoms with E-state index in [2.05, 4.69) is 34.2 Å². The highest BCUT2D eigenvalue weighted by atomic mass is 32.1. The van der Waals surface area contributed by atoms with Gasteiger partial charge in [0.1, 0.15) is 11.4 Å². The third-order valence-corrected chi connectivity index (χ3v) is 2.99. The number of nitrogens with two attached hydrogens (primary N) is 1. The van der Waals surface area contributed by atoms with Crippen LogP contribution >= 0.6 is 24.2 Å². The zero-order chi connectivity index (χ0) is 10.1. The molecule has 0 radical (unpaired) electrons. The van der Waals surface area contributed by atoms with Crippen molar-refractivity contribution < 1.29 is 0 Å². The highest BCUT2D eigenvalue weighted by Crippen LogP contribution is 2.29. The summed E-state index contributed by atoms with van der Waals surface area (Å²) in [6.07, 6.45) is 3.83. The molecule has 0 amide bonds. The molecule has 0 spiro atoms. The molecular formula is C8H8N4S2. The van der Waals surface area contributed by atoms with Gasteiger partial charge in [0.15, 0.2) is 5.13 Å². The molecule has 6 heteroatoms. The molecule has 0 atom stereocenters. The maximum Gasteiger partial charge on any atom is 0.198 e. The van der Waals surface area contributed by atoms with Gasteiger partial charge >= 0.3 is 0 Å². The van der Waals surface area contributed by atoms with Crippen LogP contribution in [0.4, 0.5) is 5.13 Å². The minimum Gasteiger partial charge on any atom is -0.300 e. The molecule has 0 aromatic carbocycles. The first-order valence-electron chi connectivity index (χ1n) is 3.83. The number of rotatable bonds is 1. The molecule has 0 aliphatic heterocycles. The van der Waals surface area contributed by atoms with Crippen molar-refractivity contribution in [2.45, 2.75) is 0 Å². The number of hydrogen-bond donors (Lipinski definition) is 3. The van der Waals surface area contributed by atoms with Gasteiger partial charge in [-0.05, 0) is 24.5 Å². The lowest BCUT2D eigenvalue weighted by Gasteiger charge is -2.07. The smallest absolute Gasteiger partial charge is 0.198 e. The van der Waals surface area contributed by atoms with Crippen molar-refractivity contribution in [3.05, 3.63) is 28.8 Å². The van der Waals surface area contributed by atoms with Crippen LogP contribution in [0.15, 0.2) is 22.6 Å². The molecule has 0 saturated carbocycles. The standard InChI is InChI=1S/C8H8N4S2/c1-4-2-3-5-7(6(4)12-13)10-8(11-9)14-5/h2-3,13H,1,9H2,(H,10,11). The number of thiazole rings is 1. The highest BCUT2D eigenvalue weighted by molar-refractivity contribution is 7.79. The number of allylic oxidation sites excluding steroid dienone is 2. The molecule has 1 aliphatic rings. The van der Waals surface area contributed by atoms with Crippen molar-refractivity contribution in [1.82, 2.24) is 4.98 Å². The number of hydrogen-bond acceptors (Lipinski definition) is 6. The first-order chi connectivity index (χ1) is 6.76. The zero-order valence-electron chi connectivity index (χ0n) is 7.19. The van der Waals surface area contributed by atoms with E-state index in [4.69, 9.17) is 5.84 Å². The fraction of sp³-hybridized carbons (Fsp3) is 0. The predicted octanol–water partition coefficient (Wildman–Crippen LogP) is 1.65. The number of nitrogens with one attached hydrogen (secondary N) is 1. The van der Waals surface area contributed by atoms with E-state index in [1.54, 1.807) is 0 Å². The Morgan fingerprint density at radius 2 is 2.36 bits per heavy atom. The third kappa shape index (κ3) is 1.37. The molecule has 14 heavy (non-hydrogen) atoms. The molecule has 4 nitrogen and oxygen atoms in total. The molecule has 1 aliphatic carbocycles. The Morgan fingerprint density at radius 1 is 1.57 bits per heavy atom. The van der Waals surface area contributed by atoms with Crippen LogP contribution in [0.2, 0.25) is 0 Å². The highest BCUT2D eigenvalue weighted by Gasteiger charge is 2.19. The number of aromatic nitrogens is 1. The Kier molecular flexibility index (Phi) is 2.40. The minimum absolute atomic E-state index is 0.656. The number of thiol groups is 1. The number of anilines is 1. The van der Waals surface area contributed by atoms with Crippen molar-refractivity contribution in [2.75, 3.05) is 5.43 Å². The van der Waals surface area contributed by atoms with Gasteiger partial charge in [-0.1, -0.05) is 24.0 Å². The van der Waals surface area contributed by atoms with Crippen molar-refractivity contribution >= 4 is 41.1 Å². The summed E-state index contributed by atoms with van der Waals surface area (Å²) in [4.78, 5) is 5.27. The van der Waals surface area contributed by atoms with Gasteiger partial charge in [0.2, 0.25) is 0 Å². The molecule has 72 valence electrons. The van der Waals surface area contributed by atoms with Gasteiger partial charge in [-0.15, -0.1) is 0 Å². The van der Waals surface area contributed by atoms with Crippen LogP contribution in [0, 0.1) is 0 Å². The first-order valence-corrected chi connectivity index (χ1v) is 5.05. The van der Waals surface area contributed by atoms with E-state index >= 15 is 0 Å². The van der Waals surface area contributed by atoms with Crippen LogP contribution in [0.3, 0.4) is 0 Å². The van der Waals surface area contributed by atoms with E-state index in [1.165, 1.54) is 11.3 Å². The van der Waals surface area contributed by atoms with E-state index in [-0.39, 0.29) is 0 Å². The lowest BCUT2D eigenvalue weighted by molar-refractivity contribution is 1.27. The molecule has 1 aromatic rings. The summed E-state index contributed by atoms with van der Waals surface area (Å²) in [5.74, 6) is 5.28. The Bertz CT molecular complexity index is 444. The summed E-state index contributed by atoms with van der Waals surface area (Å²) in [5.41, 5.74) is 4.79. The Morgan fingerprint density at radius 3 is 3.00 bits per heavy atom. The summed E-state index contributed by atoms with van der Waals surface area (Å²) in [5, 5.41) is 0.656. The second kappa shape index (κ2) is 3.56. The topological polar surface area (TPSA) is 63.3 Å². The van der Waals surface area contributed by atoms with Crippen LogP contribution in [-0.2, 0) is 0 Å². The van der Waals surface area contributed by atoms with Crippen molar-refractivity contribution in [3.8, 4) is 0 Å². The molecular weight excluding hydrogens is 216 g/mol. The number of fused-ring (bicyclic) bond motifs is 1. The maximum absolute atomic E-state index is 5.28. The SMILES string of the molecule is C=C1C=Cc2sc(NN)nc2C1=NS. The summed E-state index contributed by atoms with van der Waals surface area (Å²) in [7, 11) is 0. The van der Waals surface area contributed by atoms with Crippen LogP contribution in [0.1, 0.15) is 10.6 Å². The van der Waals surface area contributed by atoms with Crippen LogP contribution in [-0.4, -0.2) is 10.7 Å². The van der Waals surface area contributed by atoms with Crippen molar-refractivity contribution in [2.24, 2.45) is 10.2 Å². The van der Waals surface area contributed by atoms with E-state index in [0.29, 0.717) is 10.8 Å².